The molecule has 0 spiro atoms. The summed E-state index contributed by atoms with van der Waals surface area (Å²) >= 11 is 0. The van der Waals surface area contributed by atoms with Crippen LogP contribution in [0.2, 0.25) is 0 Å². The van der Waals surface area contributed by atoms with Crippen molar-refractivity contribution in [1.82, 2.24) is 5.32 Å². The maximum Gasteiger partial charge on any atom is 0.146 e. The number of rotatable bonds is 5. The van der Waals surface area contributed by atoms with Crippen LogP contribution in [0.5, 0.6) is 0 Å². The minimum Gasteiger partial charge on any atom is -0.396 e. The average Bonchev–Trinajstić information content (AvgIpc) is 2.62. The lowest BCUT2D eigenvalue weighted by Gasteiger charge is -2.39. The maximum absolute atomic E-state index is 13.9. The summed E-state index contributed by atoms with van der Waals surface area (Å²) in [4.78, 5) is 2.13. The minimum atomic E-state index is -0.139. The van der Waals surface area contributed by atoms with Crippen LogP contribution in [0, 0.1) is 11.2 Å². The van der Waals surface area contributed by atoms with Gasteiger partial charge in [-0.3, -0.25) is 0 Å². The molecule has 2 aliphatic heterocycles. The number of aliphatic hydroxyl groups is 1. The smallest absolute Gasteiger partial charge is 0.146 e. The number of ether oxygens (including phenoxy) is 1. The summed E-state index contributed by atoms with van der Waals surface area (Å²) in [5.41, 5.74) is 0.684. The Kier molecular flexibility index (Phi) is 5.51. The first kappa shape index (κ1) is 16.7. The number of nitrogens with zero attached hydrogens (tertiary/aromatic N) is 1. The Morgan fingerprint density at radius 2 is 1.91 bits per heavy atom. The first-order valence-corrected chi connectivity index (χ1v) is 8.64. The molecule has 2 saturated heterocycles. The van der Waals surface area contributed by atoms with Gasteiger partial charge in [0.15, 0.2) is 0 Å². The van der Waals surface area contributed by atoms with Gasteiger partial charge in [0.05, 0.1) is 12.3 Å². The number of para-hydroxylation sites is 1. The Labute approximate surface area is 137 Å². The fourth-order valence-electron chi connectivity index (χ4n) is 3.59. The molecule has 128 valence electrons. The lowest BCUT2D eigenvalue weighted by atomic mass is 9.80. The predicted molar refractivity (Wildman–Crippen MR) is 89.2 cm³/mol. The molecule has 0 bridgehead atoms. The predicted octanol–water partition coefficient (Wildman–Crippen LogP) is 2.17. The highest BCUT2D eigenvalue weighted by Gasteiger charge is 2.33. The van der Waals surface area contributed by atoms with Gasteiger partial charge in [-0.05, 0) is 37.8 Å². The monoisotopic (exact) mass is 322 g/mol. The van der Waals surface area contributed by atoms with Crippen LogP contribution < -0.4 is 10.2 Å². The quantitative estimate of drug-likeness (QED) is 0.872. The molecule has 1 aromatic carbocycles. The Bertz CT molecular complexity index is 498. The molecular formula is C18H27FN2O2. The van der Waals surface area contributed by atoms with Gasteiger partial charge in [0.1, 0.15) is 5.82 Å². The summed E-state index contributed by atoms with van der Waals surface area (Å²) in [6, 6.07) is 7.44. The largest absolute Gasteiger partial charge is 0.396 e. The number of hydrogen-bond donors (Lipinski definition) is 2. The van der Waals surface area contributed by atoms with E-state index in [4.69, 9.17) is 4.74 Å². The molecule has 2 N–H and O–H groups in total. The van der Waals surface area contributed by atoms with E-state index in [9.17, 15) is 9.50 Å². The lowest BCUT2D eigenvalue weighted by Crippen LogP contribution is -2.48. The van der Waals surface area contributed by atoms with Gasteiger partial charge >= 0.3 is 0 Å². The van der Waals surface area contributed by atoms with Crippen molar-refractivity contribution in [3.05, 3.63) is 30.1 Å². The number of benzene rings is 1. The zero-order chi connectivity index (χ0) is 16.1. The van der Waals surface area contributed by atoms with E-state index < -0.39 is 0 Å². The van der Waals surface area contributed by atoms with Gasteiger partial charge in [0.2, 0.25) is 0 Å². The Hall–Kier alpha value is -1.17. The van der Waals surface area contributed by atoms with E-state index in [-0.39, 0.29) is 17.8 Å². The van der Waals surface area contributed by atoms with E-state index in [2.05, 4.69) is 10.2 Å². The van der Waals surface area contributed by atoms with Crippen LogP contribution in [-0.2, 0) is 4.74 Å². The van der Waals surface area contributed by atoms with E-state index in [0.717, 1.165) is 58.5 Å². The molecular weight excluding hydrogens is 295 g/mol. The summed E-state index contributed by atoms with van der Waals surface area (Å²) in [6.45, 7) is 4.29. The van der Waals surface area contributed by atoms with Gasteiger partial charge in [0.25, 0.3) is 0 Å². The van der Waals surface area contributed by atoms with Crippen LogP contribution in [0.3, 0.4) is 0 Å². The molecule has 0 radical (unpaired) electrons. The number of piperidine rings is 1. The molecule has 0 aromatic heterocycles. The van der Waals surface area contributed by atoms with Crippen LogP contribution in [0.4, 0.5) is 10.1 Å². The normalized spacial score (nSPS) is 22.3. The third-order valence-electron chi connectivity index (χ3n) is 5.34. The standard InChI is InChI=1S/C18H27FN2O2/c19-16-3-1-2-4-17(16)21-9-5-15(6-10-21)20-13-18(14-22)7-11-23-12-8-18/h1-4,15,20,22H,5-14H2. The fourth-order valence-corrected chi connectivity index (χ4v) is 3.59. The summed E-state index contributed by atoms with van der Waals surface area (Å²) < 4.78 is 19.3. The van der Waals surface area contributed by atoms with Gasteiger partial charge < -0.3 is 20.1 Å². The van der Waals surface area contributed by atoms with Crippen molar-refractivity contribution in [3.8, 4) is 0 Å². The highest BCUT2D eigenvalue weighted by Crippen LogP contribution is 2.30. The average molecular weight is 322 g/mol. The molecule has 2 fully saturated rings. The summed E-state index contributed by atoms with van der Waals surface area (Å²) in [7, 11) is 0. The SMILES string of the molecule is OCC1(CNC2CCN(c3ccccc3F)CC2)CCOCC1. The van der Waals surface area contributed by atoms with Gasteiger partial charge in [-0.1, -0.05) is 12.1 Å². The number of hydrogen-bond acceptors (Lipinski definition) is 4. The highest BCUT2D eigenvalue weighted by molar-refractivity contribution is 5.47. The second kappa shape index (κ2) is 7.60. The number of anilines is 1. The molecule has 0 aliphatic carbocycles. The molecule has 0 atom stereocenters. The molecule has 4 nitrogen and oxygen atoms in total. The van der Waals surface area contributed by atoms with Crippen molar-refractivity contribution in [3.63, 3.8) is 0 Å². The number of aliphatic hydroxyl groups excluding tert-OH is 1. The van der Waals surface area contributed by atoms with Crippen molar-refractivity contribution >= 4 is 5.69 Å². The van der Waals surface area contributed by atoms with E-state index >= 15 is 0 Å². The third-order valence-corrected chi connectivity index (χ3v) is 5.34. The van der Waals surface area contributed by atoms with Crippen LogP contribution in [0.15, 0.2) is 24.3 Å². The topological polar surface area (TPSA) is 44.7 Å². The van der Waals surface area contributed by atoms with E-state index in [1.54, 1.807) is 6.07 Å². The first-order chi connectivity index (χ1) is 11.2. The summed E-state index contributed by atoms with van der Waals surface area (Å²) in [6.07, 6.45) is 3.85. The molecule has 0 amide bonds. The third kappa shape index (κ3) is 4.03. The Morgan fingerprint density at radius 3 is 2.57 bits per heavy atom. The molecule has 5 heteroatoms. The van der Waals surface area contributed by atoms with Crippen LogP contribution in [-0.4, -0.2) is 50.6 Å². The summed E-state index contributed by atoms with van der Waals surface area (Å²) in [5, 5.41) is 13.4. The second-order valence-corrected chi connectivity index (χ2v) is 6.86. The molecule has 2 heterocycles. The van der Waals surface area contributed by atoms with E-state index in [0.29, 0.717) is 11.7 Å². The van der Waals surface area contributed by atoms with Crippen molar-refractivity contribution in [1.29, 1.82) is 0 Å². The van der Waals surface area contributed by atoms with Crippen molar-refractivity contribution < 1.29 is 14.2 Å². The number of nitrogens with one attached hydrogen (secondary N) is 1. The summed E-state index contributed by atoms with van der Waals surface area (Å²) in [5.74, 6) is -0.139. The van der Waals surface area contributed by atoms with Crippen molar-refractivity contribution in [2.75, 3.05) is 44.4 Å². The first-order valence-electron chi connectivity index (χ1n) is 8.64. The zero-order valence-corrected chi connectivity index (χ0v) is 13.6. The van der Waals surface area contributed by atoms with Gasteiger partial charge in [0, 0.05) is 44.3 Å². The molecule has 23 heavy (non-hydrogen) atoms. The molecule has 2 aliphatic rings. The van der Waals surface area contributed by atoms with Gasteiger partial charge in [-0.15, -0.1) is 0 Å². The highest BCUT2D eigenvalue weighted by atomic mass is 19.1. The molecule has 0 saturated carbocycles. The lowest BCUT2D eigenvalue weighted by molar-refractivity contribution is -0.0168. The van der Waals surface area contributed by atoms with Crippen LogP contribution in [0.25, 0.3) is 0 Å². The molecule has 0 unspecified atom stereocenters. The van der Waals surface area contributed by atoms with Gasteiger partial charge in [-0.2, -0.15) is 0 Å². The Balaban J connectivity index is 1.48. The maximum atomic E-state index is 13.9. The fraction of sp³-hybridized carbons (Fsp3) is 0.667. The second-order valence-electron chi connectivity index (χ2n) is 6.86. The minimum absolute atomic E-state index is 0.0269. The van der Waals surface area contributed by atoms with Crippen molar-refractivity contribution in [2.45, 2.75) is 31.7 Å². The van der Waals surface area contributed by atoms with Crippen LogP contribution in [0.1, 0.15) is 25.7 Å². The van der Waals surface area contributed by atoms with E-state index in [1.807, 2.05) is 12.1 Å². The van der Waals surface area contributed by atoms with E-state index in [1.165, 1.54) is 6.07 Å². The molecule has 1 aromatic rings. The number of halogens is 1. The Morgan fingerprint density at radius 1 is 1.22 bits per heavy atom. The zero-order valence-electron chi connectivity index (χ0n) is 13.6. The molecule has 3 rings (SSSR count). The van der Waals surface area contributed by atoms with Crippen molar-refractivity contribution in [2.24, 2.45) is 5.41 Å². The van der Waals surface area contributed by atoms with Crippen LogP contribution >= 0.6 is 0 Å². The van der Waals surface area contributed by atoms with Gasteiger partial charge in [-0.25, -0.2) is 4.39 Å².